The summed E-state index contributed by atoms with van der Waals surface area (Å²) in [5, 5.41) is 10.6. The second kappa shape index (κ2) is 4.85. The second-order valence-electron chi connectivity index (χ2n) is 2.83. The van der Waals surface area contributed by atoms with Gasteiger partial charge in [-0.15, -0.1) is 13.2 Å². The van der Waals surface area contributed by atoms with Crippen molar-refractivity contribution in [2.75, 3.05) is 7.11 Å². The SMILES string of the molecule is COc1cc(C=O)c(OC(F)(F)F)c([N+](=O)[O-])n1. The summed E-state index contributed by atoms with van der Waals surface area (Å²) < 4.78 is 44.1. The largest absolute Gasteiger partial charge is 0.573 e. The van der Waals surface area contributed by atoms with Crippen LogP contribution in [0, 0.1) is 10.1 Å². The number of hydrogen-bond acceptors (Lipinski definition) is 6. The van der Waals surface area contributed by atoms with E-state index in [0.29, 0.717) is 0 Å². The zero-order valence-corrected chi connectivity index (χ0v) is 8.72. The van der Waals surface area contributed by atoms with Crippen LogP contribution in [0.3, 0.4) is 0 Å². The molecule has 1 aromatic heterocycles. The van der Waals surface area contributed by atoms with E-state index in [2.05, 4.69) is 14.5 Å². The number of rotatable bonds is 4. The van der Waals surface area contributed by atoms with Gasteiger partial charge in [-0.3, -0.25) is 4.79 Å². The molecule has 0 aliphatic carbocycles. The fourth-order valence-electron chi connectivity index (χ4n) is 1.05. The minimum atomic E-state index is -5.18. The van der Waals surface area contributed by atoms with Crippen molar-refractivity contribution in [2.45, 2.75) is 6.36 Å². The van der Waals surface area contributed by atoms with E-state index in [1.54, 1.807) is 0 Å². The van der Waals surface area contributed by atoms with Crippen molar-refractivity contribution in [2.24, 2.45) is 0 Å². The molecule has 0 radical (unpaired) electrons. The van der Waals surface area contributed by atoms with Crippen molar-refractivity contribution in [1.29, 1.82) is 0 Å². The topological polar surface area (TPSA) is 91.6 Å². The van der Waals surface area contributed by atoms with Gasteiger partial charge >= 0.3 is 18.1 Å². The third-order valence-corrected chi connectivity index (χ3v) is 1.69. The number of halogens is 3. The number of nitrogens with zero attached hydrogens (tertiary/aromatic N) is 2. The molecule has 0 aliphatic heterocycles. The molecule has 1 heterocycles. The Labute approximate surface area is 97.3 Å². The summed E-state index contributed by atoms with van der Waals surface area (Å²) >= 11 is 0. The predicted octanol–water partition coefficient (Wildman–Crippen LogP) is 1.71. The minimum absolute atomic E-state index is 0.0295. The van der Waals surface area contributed by atoms with Gasteiger partial charge in [0.15, 0.2) is 6.29 Å². The van der Waals surface area contributed by atoms with Gasteiger partial charge < -0.3 is 19.6 Å². The fourth-order valence-corrected chi connectivity index (χ4v) is 1.05. The highest BCUT2D eigenvalue weighted by Crippen LogP contribution is 2.35. The van der Waals surface area contributed by atoms with Gasteiger partial charge in [0.1, 0.15) is 0 Å². The molecule has 0 saturated carbocycles. The summed E-state index contributed by atoms with van der Waals surface area (Å²) in [5.74, 6) is -2.91. The molecule has 0 aromatic carbocycles. The summed E-state index contributed by atoms with van der Waals surface area (Å²) in [6, 6.07) is 0.793. The minimum Gasteiger partial charge on any atom is -0.463 e. The molecule has 0 unspecified atom stereocenters. The number of methoxy groups -OCH3 is 1. The smallest absolute Gasteiger partial charge is 0.463 e. The number of hydrogen-bond donors (Lipinski definition) is 0. The maximum absolute atomic E-state index is 12.1. The number of ether oxygens (including phenoxy) is 2. The van der Waals surface area contributed by atoms with Gasteiger partial charge in [0, 0.05) is 11.1 Å². The second-order valence-corrected chi connectivity index (χ2v) is 2.83. The average molecular weight is 266 g/mol. The third kappa shape index (κ3) is 3.06. The van der Waals surface area contributed by atoms with Crippen LogP contribution in [0.25, 0.3) is 0 Å². The maximum atomic E-state index is 12.1. The molecular formula is C8H5F3N2O5. The van der Waals surface area contributed by atoms with Gasteiger partial charge in [0.05, 0.1) is 12.7 Å². The lowest BCUT2D eigenvalue weighted by Crippen LogP contribution is -2.19. The number of aldehydes is 1. The molecule has 7 nitrogen and oxygen atoms in total. The van der Waals surface area contributed by atoms with Crippen LogP contribution in [0.1, 0.15) is 10.4 Å². The first-order chi connectivity index (χ1) is 8.28. The van der Waals surface area contributed by atoms with Crippen LogP contribution in [0.15, 0.2) is 6.07 Å². The molecule has 1 rings (SSSR count). The molecule has 0 amide bonds. The predicted molar refractivity (Wildman–Crippen MR) is 49.5 cm³/mol. The van der Waals surface area contributed by atoms with E-state index in [1.807, 2.05) is 0 Å². The fraction of sp³-hybridized carbons (Fsp3) is 0.250. The molecule has 1 aromatic rings. The molecule has 0 aliphatic rings. The van der Waals surface area contributed by atoms with Gasteiger partial charge in [-0.2, -0.15) is 0 Å². The highest BCUT2D eigenvalue weighted by Gasteiger charge is 2.37. The number of alkyl halides is 3. The molecule has 0 fully saturated rings. The van der Waals surface area contributed by atoms with Gasteiger partial charge in [0.2, 0.25) is 5.75 Å². The van der Waals surface area contributed by atoms with Gasteiger partial charge in [-0.25, -0.2) is 0 Å². The molecule has 18 heavy (non-hydrogen) atoms. The third-order valence-electron chi connectivity index (χ3n) is 1.69. The van der Waals surface area contributed by atoms with E-state index in [9.17, 15) is 28.1 Å². The quantitative estimate of drug-likeness (QED) is 0.468. The molecular weight excluding hydrogens is 261 g/mol. The Bertz CT molecular complexity index is 488. The lowest BCUT2D eigenvalue weighted by atomic mass is 10.2. The summed E-state index contributed by atoms with van der Waals surface area (Å²) in [6.45, 7) is 0. The monoisotopic (exact) mass is 266 g/mol. The average Bonchev–Trinajstić information content (AvgIpc) is 2.26. The van der Waals surface area contributed by atoms with Crippen LogP contribution in [0.2, 0.25) is 0 Å². The molecule has 0 spiro atoms. The summed E-state index contributed by atoms with van der Waals surface area (Å²) in [4.78, 5) is 23.1. The Kier molecular flexibility index (Phi) is 3.69. The normalized spacial score (nSPS) is 10.9. The van der Waals surface area contributed by atoms with Crippen LogP contribution in [0.4, 0.5) is 19.0 Å². The van der Waals surface area contributed by atoms with Crippen molar-refractivity contribution in [3.63, 3.8) is 0 Å². The summed E-state index contributed by atoms with van der Waals surface area (Å²) in [6.07, 6.45) is -5.21. The van der Waals surface area contributed by atoms with E-state index in [0.717, 1.165) is 13.2 Å². The number of nitro groups is 1. The van der Waals surface area contributed by atoms with Crippen LogP contribution in [0.5, 0.6) is 11.6 Å². The van der Waals surface area contributed by atoms with E-state index < -0.39 is 28.4 Å². The van der Waals surface area contributed by atoms with Crippen molar-refractivity contribution < 1.29 is 32.4 Å². The number of carbonyl (C=O) groups excluding carboxylic acids is 1. The van der Waals surface area contributed by atoms with Gasteiger partial charge in [-0.1, -0.05) is 0 Å². The van der Waals surface area contributed by atoms with Crippen molar-refractivity contribution in [3.8, 4) is 11.6 Å². The number of pyridine rings is 1. The van der Waals surface area contributed by atoms with Crippen LogP contribution < -0.4 is 9.47 Å². The Morgan fingerprint density at radius 3 is 2.50 bits per heavy atom. The highest BCUT2D eigenvalue weighted by molar-refractivity contribution is 5.82. The van der Waals surface area contributed by atoms with Crippen molar-refractivity contribution in [1.82, 2.24) is 4.98 Å². The van der Waals surface area contributed by atoms with Crippen LogP contribution in [-0.4, -0.2) is 29.7 Å². The first-order valence-electron chi connectivity index (χ1n) is 4.23. The summed E-state index contributed by atoms with van der Waals surface area (Å²) in [5.41, 5.74) is -0.689. The summed E-state index contributed by atoms with van der Waals surface area (Å²) in [7, 11) is 1.09. The lowest BCUT2D eigenvalue weighted by Gasteiger charge is -2.10. The Morgan fingerprint density at radius 1 is 1.50 bits per heavy atom. The zero-order chi connectivity index (χ0) is 13.9. The number of carbonyl (C=O) groups is 1. The first kappa shape index (κ1) is 13.7. The highest BCUT2D eigenvalue weighted by atomic mass is 19.4. The molecule has 10 heteroatoms. The van der Waals surface area contributed by atoms with E-state index in [-0.39, 0.29) is 12.2 Å². The molecule has 98 valence electrons. The Morgan fingerprint density at radius 2 is 2.11 bits per heavy atom. The van der Waals surface area contributed by atoms with Crippen molar-refractivity contribution >= 4 is 12.1 Å². The number of aromatic nitrogens is 1. The maximum Gasteiger partial charge on any atom is 0.573 e. The zero-order valence-electron chi connectivity index (χ0n) is 8.72. The molecule has 0 bridgehead atoms. The van der Waals surface area contributed by atoms with Crippen molar-refractivity contribution in [3.05, 3.63) is 21.7 Å². The molecule has 0 N–H and O–H groups in total. The van der Waals surface area contributed by atoms with Crippen LogP contribution >= 0.6 is 0 Å². The standard InChI is InChI=1S/C8H5F3N2O5/c1-17-5-2-4(3-14)6(18-8(9,10)11)7(12-5)13(15)16/h2-3H,1H3. The van der Waals surface area contributed by atoms with Gasteiger partial charge in [0.25, 0.3) is 0 Å². The van der Waals surface area contributed by atoms with E-state index >= 15 is 0 Å². The lowest BCUT2D eigenvalue weighted by molar-refractivity contribution is -0.393. The van der Waals surface area contributed by atoms with E-state index in [1.165, 1.54) is 0 Å². The molecule has 0 saturated heterocycles. The van der Waals surface area contributed by atoms with Gasteiger partial charge in [-0.05, 0) is 4.92 Å². The molecule has 0 atom stereocenters. The Balaban J connectivity index is 3.44. The Hall–Kier alpha value is -2.39. The van der Waals surface area contributed by atoms with Crippen LogP contribution in [-0.2, 0) is 0 Å². The van der Waals surface area contributed by atoms with E-state index in [4.69, 9.17) is 0 Å². The first-order valence-corrected chi connectivity index (χ1v) is 4.23.